The van der Waals surface area contributed by atoms with Crippen LogP contribution in [0.5, 0.6) is 0 Å². The predicted octanol–water partition coefficient (Wildman–Crippen LogP) is 0.964. The molecule has 1 aromatic heterocycles. The first-order valence-corrected chi connectivity index (χ1v) is 8.39. The zero-order valence-corrected chi connectivity index (χ0v) is 14.0. The number of likely N-dealkylation sites (tertiary alicyclic amines) is 1. The molecule has 4 rings (SSSR count). The summed E-state index contributed by atoms with van der Waals surface area (Å²) in [4.78, 5) is 40.6. The van der Waals surface area contributed by atoms with Crippen LogP contribution >= 0.6 is 0 Å². The number of anilines is 1. The molecule has 8 nitrogen and oxygen atoms in total. The molecule has 0 radical (unpaired) electrons. The van der Waals surface area contributed by atoms with E-state index in [1.165, 1.54) is 4.90 Å². The largest absolute Gasteiger partial charge is 0.354 e. The Hall–Kier alpha value is -2.90. The van der Waals surface area contributed by atoms with E-state index in [2.05, 4.69) is 5.10 Å². The van der Waals surface area contributed by atoms with Gasteiger partial charge in [-0.2, -0.15) is 9.67 Å². The van der Waals surface area contributed by atoms with Crippen molar-refractivity contribution >= 4 is 17.6 Å². The van der Waals surface area contributed by atoms with Gasteiger partial charge in [0.1, 0.15) is 6.54 Å². The molecule has 25 heavy (non-hydrogen) atoms. The molecule has 0 N–H and O–H groups in total. The summed E-state index contributed by atoms with van der Waals surface area (Å²) in [7, 11) is 0. The van der Waals surface area contributed by atoms with Crippen molar-refractivity contribution in [1.82, 2.24) is 19.2 Å². The van der Waals surface area contributed by atoms with E-state index >= 15 is 0 Å². The lowest BCUT2D eigenvalue weighted by molar-refractivity contribution is -0.131. The number of nitrogens with zero attached hydrogens (tertiary/aromatic N) is 5. The number of rotatable bonds is 3. The smallest absolute Gasteiger partial charge is 0.341 e. The fourth-order valence-corrected chi connectivity index (χ4v) is 3.30. The molecule has 8 heteroatoms. The van der Waals surface area contributed by atoms with E-state index in [-0.39, 0.29) is 19.0 Å². The first kappa shape index (κ1) is 15.6. The Morgan fingerprint density at radius 3 is 2.44 bits per heavy atom. The Kier molecular flexibility index (Phi) is 3.67. The van der Waals surface area contributed by atoms with Gasteiger partial charge in [0.05, 0.1) is 6.54 Å². The van der Waals surface area contributed by atoms with Crippen LogP contribution in [0.1, 0.15) is 24.2 Å². The summed E-state index contributed by atoms with van der Waals surface area (Å²) in [5.74, 6) is 0.240. The van der Waals surface area contributed by atoms with Crippen molar-refractivity contribution in [2.45, 2.75) is 32.9 Å². The highest BCUT2D eigenvalue weighted by molar-refractivity contribution is 5.96. The van der Waals surface area contributed by atoms with Crippen LogP contribution in [0, 0.1) is 6.92 Å². The zero-order chi connectivity index (χ0) is 17.6. The second-order valence-corrected chi connectivity index (χ2v) is 6.48. The molecule has 0 saturated carbocycles. The number of hydrogen-bond donors (Lipinski definition) is 0. The van der Waals surface area contributed by atoms with Crippen LogP contribution in [0.4, 0.5) is 10.5 Å². The molecule has 3 heterocycles. The normalized spacial score (nSPS) is 16.6. The average molecular weight is 341 g/mol. The number of carbonyl (C=O) groups is 2. The Balaban J connectivity index is 1.56. The molecule has 1 saturated heterocycles. The van der Waals surface area contributed by atoms with Crippen LogP contribution in [0.3, 0.4) is 0 Å². The van der Waals surface area contributed by atoms with Crippen molar-refractivity contribution in [3.05, 3.63) is 46.1 Å². The van der Waals surface area contributed by atoms with Crippen LogP contribution in [0.25, 0.3) is 0 Å². The van der Waals surface area contributed by atoms with Gasteiger partial charge >= 0.3 is 11.7 Å². The number of benzene rings is 1. The maximum Gasteiger partial charge on any atom is 0.354 e. The molecule has 2 aliphatic heterocycles. The van der Waals surface area contributed by atoms with E-state index in [0.717, 1.165) is 46.4 Å². The molecule has 2 aliphatic rings. The first-order valence-electron chi connectivity index (χ1n) is 8.39. The van der Waals surface area contributed by atoms with Crippen molar-refractivity contribution in [3.63, 3.8) is 0 Å². The maximum absolute atomic E-state index is 12.6. The third-order valence-corrected chi connectivity index (χ3v) is 4.72. The molecule has 0 spiro atoms. The van der Waals surface area contributed by atoms with Gasteiger partial charge in [0.2, 0.25) is 5.91 Å². The zero-order valence-electron chi connectivity index (χ0n) is 14.0. The lowest BCUT2D eigenvalue weighted by Gasteiger charge is -2.16. The van der Waals surface area contributed by atoms with Crippen molar-refractivity contribution in [1.29, 1.82) is 0 Å². The van der Waals surface area contributed by atoms with Gasteiger partial charge in [-0.15, -0.1) is 0 Å². The number of hydrogen-bond acceptors (Lipinski definition) is 4. The number of carbonyl (C=O) groups excluding carboxylic acids is 2. The summed E-state index contributed by atoms with van der Waals surface area (Å²) in [6, 6.07) is 7.08. The van der Waals surface area contributed by atoms with E-state index in [1.807, 2.05) is 31.2 Å². The summed E-state index contributed by atoms with van der Waals surface area (Å²) in [5.41, 5.74) is 1.26. The maximum atomic E-state index is 12.6. The van der Waals surface area contributed by atoms with Crippen molar-refractivity contribution in [3.8, 4) is 0 Å². The van der Waals surface area contributed by atoms with Crippen LogP contribution in [0.2, 0.25) is 0 Å². The fraction of sp³-hybridized carbons (Fsp3) is 0.412. The summed E-state index contributed by atoms with van der Waals surface area (Å²) >= 11 is 0. The molecule has 0 atom stereocenters. The summed E-state index contributed by atoms with van der Waals surface area (Å²) in [5, 5.41) is 4.20. The van der Waals surface area contributed by atoms with Gasteiger partial charge in [0, 0.05) is 18.8 Å². The molecule has 0 aliphatic carbocycles. The van der Waals surface area contributed by atoms with Crippen LogP contribution < -0.4 is 10.6 Å². The molecule has 130 valence electrons. The third-order valence-electron chi connectivity index (χ3n) is 4.72. The predicted molar refractivity (Wildman–Crippen MR) is 90.5 cm³/mol. The third kappa shape index (κ3) is 2.63. The molecule has 1 aromatic carbocycles. The second kappa shape index (κ2) is 5.87. The minimum atomic E-state index is -0.554. The van der Waals surface area contributed by atoms with E-state index < -0.39 is 11.7 Å². The van der Waals surface area contributed by atoms with Crippen LogP contribution in [-0.4, -0.2) is 44.3 Å². The molecular formula is C17H19N5O3. The van der Waals surface area contributed by atoms with Gasteiger partial charge in [-0.25, -0.2) is 14.3 Å². The number of aryl methyl sites for hydroxylation is 1. The van der Waals surface area contributed by atoms with E-state index in [1.54, 1.807) is 4.90 Å². The Morgan fingerprint density at radius 1 is 1.12 bits per heavy atom. The topological polar surface area (TPSA) is 80.4 Å². The standard InChI is InChI=1S/C17H19N5O3/c1-12-4-6-13(7-5-12)20-10-14-18-21(17(25)22(14)16(20)24)11-15(23)19-8-2-3-9-19/h4-7H,2-3,8-11H2,1H3. The minimum Gasteiger partial charge on any atom is -0.341 e. The monoisotopic (exact) mass is 341 g/mol. The second-order valence-electron chi connectivity index (χ2n) is 6.48. The highest BCUT2D eigenvalue weighted by Gasteiger charge is 2.34. The van der Waals surface area contributed by atoms with Gasteiger partial charge in [0.25, 0.3) is 0 Å². The van der Waals surface area contributed by atoms with Crippen LogP contribution in [-0.2, 0) is 17.9 Å². The lowest BCUT2D eigenvalue weighted by Crippen LogP contribution is -2.38. The van der Waals surface area contributed by atoms with E-state index in [4.69, 9.17) is 0 Å². The summed E-state index contributed by atoms with van der Waals surface area (Å²) in [6.45, 7) is 3.53. The number of aromatic nitrogens is 3. The van der Waals surface area contributed by atoms with Gasteiger partial charge < -0.3 is 4.90 Å². The first-order chi connectivity index (χ1) is 12.0. The van der Waals surface area contributed by atoms with Gasteiger partial charge in [-0.05, 0) is 31.9 Å². The number of fused-ring (bicyclic) bond motifs is 1. The summed E-state index contributed by atoms with van der Waals surface area (Å²) in [6.07, 6.45) is 1.98. The molecule has 0 bridgehead atoms. The summed E-state index contributed by atoms with van der Waals surface area (Å²) < 4.78 is 2.15. The highest BCUT2D eigenvalue weighted by atomic mass is 16.2. The van der Waals surface area contributed by atoms with Gasteiger partial charge in [-0.3, -0.25) is 9.69 Å². The molecular weight excluding hydrogens is 322 g/mol. The highest BCUT2D eigenvalue weighted by Crippen LogP contribution is 2.22. The van der Waals surface area contributed by atoms with E-state index in [0.29, 0.717) is 5.82 Å². The van der Waals surface area contributed by atoms with E-state index in [9.17, 15) is 14.4 Å². The Bertz CT molecular complexity index is 890. The van der Waals surface area contributed by atoms with Crippen molar-refractivity contribution < 1.29 is 9.59 Å². The lowest BCUT2D eigenvalue weighted by atomic mass is 10.2. The molecule has 0 unspecified atom stereocenters. The molecule has 1 fully saturated rings. The van der Waals surface area contributed by atoms with Crippen LogP contribution in [0.15, 0.2) is 29.1 Å². The quantitative estimate of drug-likeness (QED) is 0.833. The average Bonchev–Trinajstić information content (AvgIpc) is 3.29. The number of amides is 2. The molecule has 2 aromatic rings. The molecule has 2 amide bonds. The fourth-order valence-electron chi connectivity index (χ4n) is 3.30. The minimum absolute atomic E-state index is 0.114. The van der Waals surface area contributed by atoms with Crippen molar-refractivity contribution in [2.75, 3.05) is 18.0 Å². The van der Waals surface area contributed by atoms with Gasteiger partial charge in [0.15, 0.2) is 5.82 Å². The Morgan fingerprint density at radius 2 is 1.80 bits per heavy atom. The SMILES string of the molecule is Cc1ccc(N2Cc3nn(CC(=O)N4CCCC4)c(=O)n3C2=O)cc1. The van der Waals surface area contributed by atoms with Crippen molar-refractivity contribution in [2.24, 2.45) is 0 Å². The van der Waals surface area contributed by atoms with Gasteiger partial charge in [-0.1, -0.05) is 17.7 Å². The Labute approximate surface area is 144 Å².